The lowest BCUT2D eigenvalue weighted by molar-refractivity contribution is -0.385. The molecule has 1 aromatic heterocycles. The van der Waals surface area contributed by atoms with Crippen molar-refractivity contribution < 1.29 is 14.1 Å². The van der Waals surface area contributed by atoms with Gasteiger partial charge >= 0.3 is 0 Å². The molecule has 0 saturated carbocycles. The van der Waals surface area contributed by atoms with Gasteiger partial charge in [-0.3, -0.25) is 19.6 Å². The first-order chi connectivity index (χ1) is 9.97. The standard InChI is InChI=1S/C13H13FN4O3/c1-17-7-5-10(16-17)4-6-15-13(19)11-8-9(14)2-3-12(11)18(20)21/h2-3,5,7-8H,4,6H2,1H3,(H,15,19). The molecule has 0 unspecified atom stereocenters. The molecule has 21 heavy (non-hydrogen) atoms. The van der Waals surface area contributed by atoms with Crippen LogP contribution in [0.15, 0.2) is 30.5 Å². The summed E-state index contributed by atoms with van der Waals surface area (Å²) in [5.41, 5.74) is 0.0688. The van der Waals surface area contributed by atoms with Crippen molar-refractivity contribution in [2.75, 3.05) is 6.54 Å². The maximum absolute atomic E-state index is 13.1. The molecule has 2 rings (SSSR count). The maximum atomic E-state index is 13.1. The number of nitrogens with zero attached hydrogens (tertiary/aromatic N) is 3. The minimum absolute atomic E-state index is 0.253. The molecular weight excluding hydrogens is 279 g/mol. The highest BCUT2D eigenvalue weighted by molar-refractivity contribution is 5.98. The van der Waals surface area contributed by atoms with Crippen LogP contribution in [0.25, 0.3) is 0 Å². The third kappa shape index (κ3) is 3.62. The van der Waals surface area contributed by atoms with Gasteiger partial charge in [0, 0.05) is 32.3 Å². The summed E-state index contributed by atoms with van der Waals surface area (Å²) in [7, 11) is 1.78. The highest BCUT2D eigenvalue weighted by atomic mass is 19.1. The van der Waals surface area contributed by atoms with Crippen LogP contribution in [-0.4, -0.2) is 27.2 Å². The number of carbonyl (C=O) groups is 1. The summed E-state index contributed by atoms with van der Waals surface area (Å²) in [6, 6.07) is 4.58. The number of carbonyl (C=O) groups excluding carboxylic acids is 1. The second-order valence-corrected chi connectivity index (χ2v) is 4.41. The Hall–Kier alpha value is -2.77. The molecule has 0 aliphatic rings. The lowest BCUT2D eigenvalue weighted by atomic mass is 10.1. The predicted molar refractivity (Wildman–Crippen MR) is 72.3 cm³/mol. The Balaban J connectivity index is 2.03. The van der Waals surface area contributed by atoms with Crippen LogP contribution in [0, 0.1) is 15.9 Å². The molecule has 0 aliphatic heterocycles. The van der Waals surface area contributed by atoms with Gasteiger partial charge in [-0.1, -0.05) is 0 Å². The molecule has 110 valence electrons. The number of nitro groups is 1. The molecule has 0 aliphatic carbocycles. The van der Waals surface area contributed by atoms with E-state index in [2.05, 4.69) is 10.4 Å². The fourth-order valence-electron chi connectivity index (χ4n) is 1.85. The fraction of sp³-hybridized carbons (Fsp3) is 0.231. The van der Waals surface area contributed by atoms with Gasteiger partial charge in [0.05, 0.1) is 10.6 Å². The van der Waals surface area contributed by atoms with Crippen molar-refractivity contribution in [1.29, 1.82) is 0 Å². The number of aromatic nitrogens is 2. The van der Waals surface area contributed by atoms with Gasteiger partial charge in [0.25, 0.3) is 11.6 Å². The molecule has 1 N–H and O–H groups in total. The minimum Gasteiger partial charge on any atom is -0.351 e. The molecule has 1 heterocycles. The average molecular weight is 292 g/mol. The van der Waals surface area contributed by atoms with E-state index in [-0.39, 0.29) is 12.1 Å². The predicted octanol–water partition coefficient (Wildman–Crippen LogP) is 1.44. The summed E-state index contributed by atoms with van der Waals surface area (Å²) in [6.07, 6.45) is 2.25. The number of benzene rings is 1. The summed E-state index contributed by atoms with van der Waals surface area (Å²) >= 11 is 0. The zero-order valence-electron chi connectivity index (χ0n) is 11.2. The molecule has 8 heteroatoms. The first-order valence-electron chi connectivity index (χ1n) is 6.18. The van der Waals surface area contributed by atoms with E-state index >= 15 is 0 Å². The Morgan fingerprint density at radius 1 is 1.48 bits per heavy atom. The maximum Gasteiger partial charge on any atom is 0.282 e. The van der Waals surface area contributed by atoms with Crippen molar-refractivity contribution in [2.24, 2.45) is 7.05 Å². The molecule has 0 atom stereocenters. The third-order valence-electron chi connectivity index (χ3n) is 2.84. The monoisotopic (exact) mass is 292 g/mol. The zero-order chi connectivity index (χ0) is 15.4. The van der Waals surface area contributed by atoms with Crippen LogP contribution in [-0.2, 0) is 13.5 Å². The number of hydrogen-bond acceptors (Lipinski definition) is 4. The van der Waals surface area contributed by atoms with Crippen LogP contribution in [0.2, 0.25) is 0 Å². The van der Waals surface area contributed by atoms with Crippen LogP contribution in [0.3, 0.4) is 0 Å². The highest BCUT2D eigenvalue weighted by Gasteiger charge is 2.20. The zero-order valence-corrected chi connectivity index (χ0v) is 11.2. The molecule has 0 bridgehead atoms. The van der Waals surface area contributed by atoms with Crippen molar-refractivity contribution in [1.82, 2.24) is 15.1 Å². The molecule has 1 amide bonds. The van der Waals surface area contributed by atoms with Gasteiger partial charge in [0.15, 0.2) is 0 Å². The van der Waals surface area contributed by atoms with Crippen LogP contribution >= 0.6 is 0 Å². The van der Waals surface area contributed by atoms with Gasteiger partial charge in [0.2, 0.25) is 0 Å². The number of amides is 1. The van der Waals surface area contributed by atoms with Crippen LogP contribution in [0.4, 0.5) is 10.1 Å². The summed E-state index contributed by atoms with van der Waals surface area (Å²) < 4.78 is 14.8. The van der Waals surface area contributed by atoms with E-state index in [9.17, 15) is 19.3 Å². The van der Waals surface area contributed by atoms with Gasteiger partial charge in [-0.2, -0.15) is 5.10 Å². The SMILES string of the molecule is Cn1ccc(CCNC(=O)c2cc(F)ccc2[N+](=O)[O-])n1. The van der Waals surface area contributed by atoms with E-state index < -0.39 is 22.3 Å². The van der Waals surface area contributed by atoms with Gasteiger partial charge < -0.3 is 5.32 Å². The summed E-state index contributed by atoms with van der Waals surface area (Å²) in [4.78, 5) is 22.0. The highest BCUT2D eigenvalue weighted by Crippen LogP contribution is 2.19. The lowest BCUT2D eigenvalue weighted by Crippen LogP contribution is -2.26. The number of hydrogen-bond donors (Lipinski definition) is 1. The molecular formula is C13H13FN4O3. The van der Waals surface area contributed by atoms with E-state index in [4.69, 9.17) is 0 Å². The summed E-state index contributed by atoms with van der Waals surface area (Å²) in [5, 5.41) is 17.5. The Kier molecular flexibility index (Phi) is 4.27. The second-order valence-electron chi connectivity index (χ2n) is 4.41. The topological polar surface area (TPSA) is 90.1 Å². The van der Waals surface area contributed by atoms with Crippen molar-refractivity contribution in [2.45, 2.75) is 6.42 Å². The van der Waals surface area contributed by atoms with E-state index in [1.54, 1.807) is 24.0 Å². The molecule has 0 radical (unpaired) electrons. The normalized spacial score (nSPS) is 10.4. The minimum atomic E-state index is -0.715. The van der Waals surface area contributed by atoms with E-state index in [1.807, 2.05) is 0 Å². The first kappa shape index (κ1) is 14.6. The Morgan fingerprint density at radius 3 is 2.86 bits per heavy atom. The van der Waals surface area contributed by atoms with Crippen LogP contribution in [0.1, 0.15) is 16.1 Å². The largest absolute Gasteiger partial charge is 0.351 e. The van der Waals surface area contributed by atoms with Gasteiger partial charge in [-0.25, -0.2) is 4.39 Å². The Labute approximate surface area is 119 Å². The molecule has 0 saturated heterocycles. The lowest BCUT2D eigenvalue weighted by Gasteiger charge is -2.05. The Morgan fingerprint density at radius 2 is 2.24 bits per heavy atom. The van der Waals surface area contributed by atoms with E-state index in [0.29, 0.717) is 6.42 Å². The summed E-state index contributed by atoms with van der Waals surface area (Å²) in [6.45, 7) is 0.253. The summed E-state index contributed by atoms with van der Waals surface area (Å²) in [5.74, 6) is -1.38. The average Bonchev–Trinajstić information content (AvgIpc) is 2.84. The number of nitro benzene ring substituents is 1. The number of aryl methyl sites for hydroxylation is 1. The van der Waals surface area contributed by atoms with Gasteiger partial charge in [0.1, 0.15) is 11.4 Å². The van der Waals surface area contributed by atoms with Crippen molar-refractivity contribution in [3.8, 4) is 0 Å². The van der Waals surface area contributed by atoms with E-state index in [0.717, 1.165) is 23.9 Å². The molecule has 0 fully saturated rings. The second kappa shape index (κ2) is 6.12. The molecule has 0 spiro atoms. The number of halogens is 1. The van der Waals surface area contributed by atoms with Crippen LogP contribution < -0.4 is 5.32 Å². The van der Waals surface area contributed by atoms with Gasteiger partial charge in [-0.15, -0.1) is 0 Å². The smallest absolute Gasteiger partial charge is 0.282 e. The van der Waals surface area contributed by atoms with Crippen molar-refractivity contribution >= 4 is 11.6 Å². The van der Waals surface area contributed by atoms with Gasteiger partial charge in [-0.05, 0) is 18.2 Å². The molecule has 2 aromatic rings. The van der Waals surface area contributed by atoms with Crippen LogP contribution in [0.5, 0.6) is 0 Å². The third-order valence-corrected chi connectivity index (χ3v) is 2.84. The fourth-order valence-corrected chi connectivity index (χ4v) is 1.85. The Bertz CT molecular complexity index is 684. The number of nitrogens with one attached hydrogen (secondary N) is 1. The van der Waals surface area contributed by atoms with E-state index in [1.165, 1.54) is 0 Å². The van der Waals surface area contributed by atoms with Crippen molar-refractivity contribution in [3.63, 3.8) is 0 Å². The number of rotatable bonds is 5. The first-order valence-corrected chi connectivity index (χ1v) is 6.18. The van der Waals surface area contributed by atoms with Crippen molar-refractivity contribution in [3.05, 3.63) is 57.7 Å². The molecule has 7 nitrogen and oxygen atoms in total. The quantitative estimate of drug-likeness (QED) is 0.667. The molecule has 1 aromatic carbocycles.